The van der Waals surface area contributed by atoms with Crippen LogP contribution in [-0.4, -0.2) is 33.3 Å². The van der Waals surface area contributed by atoms with Crippen molar-refractivity contribution in [3.05, 3.63) is 41.5 Å². The lowest BCUT2D eigenvalue weighted by atomic mass is 9.92. The van der Waals surface area contributed by atoms with E-state index < -0.39 is 29.6 Å². The fourth-order valence-electron chi connectivity index (χ4n) is 2.96. The van der Waals surface area contributed by atoms with Crippen molar-refractivity contribution in [3.63, 3.8) is 0 Å². The van der Waals surface area contributed by atoms with E-state index in [9.17, 15) is 22.8 Å². The monoisotopic (exact) mass is 412 g/mol. The predicted molar refractivity (Wildman–Crippen MR) is 92.4 cm³/mol. The van der Waals surface area contributed by atoms with E-state index in [2.05, 4.69) is 20.2 Å². The van der Waals surface area contributed by atoms with E-state index in [1.165, 1.54) is 19.1 Å². The molecule has 1 aliphatic heterocycles. The molecular formula is C18H19F3N4O4. The van der Waals surface area contributed by atoms with Crippen molar-refractivity contribution < 1.29 is 32.0 Å². The van der Waals surface area contributed by atoms with Crippen molar-refractivity contribution >= 4 is 11.9 Å². The molecule has 0 radical (unpaired) electrons. The Kier molecular flexibility index (Phi) is 5.24. The topological polar surface area (TPSA) is 97.6 Å². The minimum atomic E-state index is -4.82. The molecule has 1 saturated heterocycles. The van der Waals surface area contributed by atoms with E-state index in [0.717, 1.165) is 17.0 Å². The van der Waals surface area contributed by atoms with Crippen LogP contribution in [0.3, 0.4) is 0 Å². The number of nitrogens with one attached hydrogen (secondary N) is 1. The number of carbonyl (C=O) groups is 2. The van der Waals surface area contributed by atoms with E-state index in [-0.39, 0.29) is 12.4 Å². The molecule has 2 heterocycles. The van der Waals surface area contributed by atoms with Crippen LogP contribution in [0.1, 0.15) is 38.0 Å². The summed E-state index contributed by atoms with van der Waals surface area (Å²) in [6.45, 7) is 5.24. The van der Waals surface area contributed by atoms with Gasteiger partial charge in [-0.05, 0) is 30.5 Å². The third-order valence-corrected chi connectivity index (χ3v) is 4.33. The molecule has 156 valence electrons. The lowest BCUT2D eigenvalue weighted by Gasteiger charge is -2.22. The summed E-state index contributed by atoms with van der Waals surface area (Å²) in [5, 5.41) is 6.38. The minimum absolute atomic E-state index is 0.113. The van der Waals surface area contributed by atoms with Gasteiger partial charge in [-0.2, -0.15) is 4.98 Å². The Morgan fingerprint density at radius 3 is 2.48 bits per heavy atom. The molecule has 1 fully saturated rings. The fourth-order valence-corrected chi connectivity index (χ4v) is 2.96. The average molecular weight is 412 g/mol. The van der Waals surface area contributed by atoms with E-state index >= 15 is 0 Å². The third-order valence-electron chi connectivity index (χ3n) is 4.33. The first-order chi connectivity index (χ1) is 13.5. The molecule has 1 unspecified atom stereocenters. The number of aromatic nitrogens is 2. The average Bonchev–Trinajstić information content (AvgIpc) is 3.12. The number of amides is 3. The number of hydrogen-bond donors (Lipinski definition) is 1. The maximum absolute atomic E-state index is 12.9. The number of imide groups is 1. The molecule has 3 rings (SSSR count). The Balaban J connectivity index is 1.75. The second kappa shape index (κ2) is 7.37. The standard InChI is InChI=1S/C18H19F3N4O4/c1-10(2)8-13-22-14(29-24-13)9-25-15(26)17(3,23-16(25)27)11-4-6-12(7-5-11)28-18(19,20)21/h4-7,10H,8-9H2,1-3H3,(H,23,27). The van der Waals surface area contributed by atoms with Gasteiger partial charge in [0.15, 0.2) is 5.82 Å². The maximum atomic E-state index is 12.9. The molecule has 1 aliphatic rings. The van der Waals surface area contributed by atoms with Crippen LogP contribution in [0.25, 0.3) is 0 Å². The summed E-state index contributed by atoms with van der Waals surface area (Å²) in [4.78, 5) is 30.3. The molecule has 1 atom stereocenters. The molecule has 2 aromatic rings. The first kappa shape index (κ1) is 20.6. The molecular weight excluding hydrogens is 393 g/mol. The summed E-state index contributed by atoms with van der Waals surface area (Å²) in [6, 6.07) is 4.06. The summed E-state index contributed by atoms with van der Waals surface area (Å²) in [5.74, 6) is -0.116. The first-order valence-electron chi connectivity index (χ1n) is 8.80. The largest absolute Gasteiger partial charge is 0.573 e. The molecule has 0 spiro atoms. The second-order valence-corrected chi connectivity index (χ2v) is 7.22. The van der Waals surface area contributed by atoms with Crippen LogP contribution in [0, 0.1) is 5.92 Å². The molecule has 8 nitrogen and oxygen atoms in total. The molecule has 11 heteroatoms. The molecule has 29 heavy (non-hydrogen) atoms. The quantitative estimate of drug-likeness (QED) is 0.732. The summed E-state index contributed by atoms with van der Waals surface area (Å²) in [5.41, 5.74) is -1.15. The molecule has 0 saturated carbocycles. The van der Waals surface area contributed by atoms with Crippen molar-refractivity contribution in [3.8, 4) is 5.75 Å². The number of carbonyl (C=O) groups excluding carboxylic acids is 2. The Bertz CT molecular complexity index is 911. The van der Waals surface area contributed by atoms with Gasteiger partial charge in [0.05, 0.1) is 0 Å². The van der Waals surface area contributed by atoms with E-state index in [1.807, 2.05) is 13.8 Å². The minimum Gasteiger partial charge on any atom is -0.406 e. The van der Waals surface area contributed by atoms with Gasteiger partial charge in [-0.15, -0.1) is 13.2 Å². The Labute approximate surface area is 164 Å². The zero-order valence-electron chi connectivity index (χ0n) is 15.9. The van der Waals surface area contributed by atoms with Crippen LogP contribution in [0.4, 0.5) is 18.0 Å². The second-order valence-electron chi connectivity index (χ2n) is 7.22. The highest BCUT2D eigenvalue weighted by atomic mass is 19.4. The highest BCUT2D eigenvalue weighted by molar-refractivity contribution is 6.07. The summed E-state index contributed by atoms with van der Waals surface area (Å²) in [6.07, 6.45) is -4.23. The van der Waals surface area contributed by atoms with Crippen LogP contribution in [-0.2, 0) is 23.3 Å². The first-order valence-corrected chi connectivity index (χ1v) is 8.80. The number of hydrogen-bond acceptors (Lipinski definition) is 6. The van der Waals surface area contributed by atoms with E-state index in [4.69, 9.17) is 4.52 Å². The number of urea groups is 1. The molecule has 0 aliphatic carbocycles. The molecule has 3 amide bonds. The Morgan fingerprint density at radius 2 is 1.90 bits per heavy atom. The maximum Gasteiger partial charge on any atom is 0.573 e. The van der Waals surface area contributed by atoms with Gasteiger partial charge >= 0.3 is 12.4 Å². The van der Waals surface area contributed by atoms with Crippen molar-refractivity contribution in [2.45, 2.75) is 45.6 Å². The normalized spacial score (nSPS) is 19.8. The number of benzene rings is 1. The Hall–Kier alpha value is -3.11. The lowest BCUT2D eigenvalue weighted by Crippen LogP contribution is -2.40. The summed E-state index contributed by atoms with van der Waals surface area (Å²) in [7, 11) is 0. The lowest BCUT2D eigenvalue weighted by molar-refractivity contribution is -0.274. The van der Waals surface area contributed by atoms with Crippen molar-refractivity contribution in [1.29, 1.82) is 0 Å². The van der Waals surface area contributed by atoms with Crippen LogP contribution < -0.4 is 10.1 Å². The zero-order chi connectivity index (χ0) is 21.4. The van der Waals surface area contributed by atoms with E-state index in [0.29, 0.717) is 23.7 Å². The number of ether oxygens (including phenoxy) is 1. The van der Waals surface area contributed by atoms with Gasteiger partial charge in [-0.1, -0.05) is 31.1 Å². The molecule has 1 N–H and O–H groups in total. The van der Waals surface area contributed by atoms with E-state index in [1.54, 1.807) is 0 Å². The number of nitrogens with zero attached hydrogens (tertiary/aromatic N) is 3. The van der Waals surface area contributed by atoms with Crippen LogP contribution in [0.5, 0.6) is 5.75 Å². The molecule has 1 aromatic heterocycles. The summed E-state index contributed by atoms with van der Waals surface area (Å²) < 4.78 is 45.8. The smallest absolute Gasteiger partial charge is 0.406 e. The molecule has 0 bridgehead atoms. The summed E-state index contributed by atoms with van der Waals surface area (Å²) >= 11 is 0. The highest BCUT2D eigenvalue weighted by Gasteiger charge is 2.49. The van der Waals surface area contributed by atoms with Crippen molar-refractivity contribution in [1.82, 2.24) is 20.4 Å². The van der Waals surface area contributed by atoms with Gasteiger partial charge in [0.1, 0.15) is 17.8 Å². The van der Waals surface area contributed by atoms with Crippen LogP contribution >= 0.6 is 0 Å². The number of rotatable bonds is 6. The Morgan fingerprint density at radius 1 is 1.24 bits per heavy atom. The van der Waals surface area contributed by atoms with Gasteiger partial charge in [0.2, 0.25) is 5.89 Å². The predicted octanol–water partition coefficient (Wildman–Crippen LogP) is 3.13. The molecule has 1 aromatic carbocycles. The number of alkyl halides is 3. The zero-order valence-corrected chi connectivity index (χ0v) is 15.9. The van der Waals surface area contributed by atoms with Gasteiger partial charge < -0.3 is 14.6 Å². The third kappa shape index (κ3) is 4.49. The van der Waals surface area contributed by atoms with Gasteiger partial charge in [0, 0.05) is 6.42 Å². The van der Waals surface area contributed by atoms with Crippen molar-refractivity contribution in [2.75, 3.05) is 0 Å². The van der Waals surface area contributed by atoms with Gasteiger partial charge in [-0.3, -0.25) is 9.69 Å². The fraction of sp³-hybridized carbons (Fsp3) is 0.444. The van der Waals surface area contributed by atoms with Gasteiger partial charge in [-0.25, -0.2) is 4.79 Å². The van der Waals surface area contributed by atoms with Crippen LogP contribution in [0.15, 0.2) is 28.8 Å². The highest BCUT2D eigenvalue weighted by Crippen LogP contribution is 2.32. The van der Waals surface area contributed by atoms with Crippen molar-refractivity contribution in [2.24, 2.45) is 5.92 Å². The number of halogens is 3. The van der Waals surface area contributed by atoms with Gasteiger partial charge in [0.25, 0.3) is 5.91 Å². The van der Waals surface area contributed by atoms with Crippen LogP contribution in [0.2, 0.25) is 0 Å². The SMILES string of the molecule is CC(C)Cc1noc(CN2C(=O)NC(C)(c3ccc(OC(F)(F)F)cc3)C2=O)n1.